The van der Waals surface area contributed by atoms with E-state index in [1.54, 1.807) is 0 Å². The second kappa shape index (κ2) is 4.38. The molecule has 0 radical (unpaired) electrons. The Labute approximate surface area is 79.5 Å². The highest BCUT2D eigenvalue weighted by Crippen LogP contribution is 2.18. The molecule has 2 nitrogen and oxygen atoms in total. The molecule has 2 heterocycles. The molecule has 13 heavy (non-hydrogen) atoms. The van der Waals surface area contributed by atoms with Crippen LogP contribution in [0.15, 0.2) is 0 Å². The first-order valence-electron chi connectivity index (χ1n) is 5.43. The maximum absolute atomic E-state index is 13.4. The van der Waals surface area contributed by atoms with Crippen molar-refractivity contribution < 1.29 is 4.39 Å². The van der Waals surface area contributed by atoms with Crippen molar-refractivity contribution in [3.8, 4) is 0 Å². The Bertz CT molecular complexity index is 157. The first kappa shape index (κ1) is 9.41. The number of piperidine rings is 1. The number of hydrogen-bond donors (Lipinski definition) is 1. The highest BCUT2D eigenvalue weighted by atomic mass is 19.1. The molecule has 76 valence electrons. The van der Waals surface area contributed by atoms with Crippen LogP contribution in [0, 0.1) is 5.92 Å². The monoisotopic (exact) mass is 186 g/mol. The lowest BCUT2D eigenvalue weighted by atomic mass is 9.97. The quantitative estimate of drug-likeness (QED) is 0.693. The molecule has 0 aromatic heterocycles. The van der Waals surface area contributed by atoms with E-state index in [0.717, 1.165) is 19.6 Å². The van der Waals surface area contributed by atoms with Gasteiger partial charge >= 0.3 is 0 Å². The van der Waals surface area contributed by atoms with Crippen LogP contribution < -0.4 is 5.32 Å². The molecule has 2 fully saturated rings. The van der Waals surface area contributed by atoms with Crippen molar-refractivity contribution in [1.82, 2.24) is 10.2 Å². The first-order chi connectivity index (χ1) is 6.36. The zero-order valence-corrected chi connectivity index (χ0v) is 8.14. The third-order valence-electron chi connectivity index (χ3n) is 3.21. The second-order valence-electron chi connectivity index (χ2n) is 4.28. The number of likely N-dealkylation sites (tertiary alicyclic amines) is 1. The van der Waals surface area contributed by atoms with E-state index in [1.807, 2.05) is 0 Å². The highest BCUT2D eigenvalue weighted by molar-refractivity contribution is 4.81. The smallest absolute Gasteiger partial charge is 0.107 e. The Morgan fingerprint density at radius 3 is 2.77 bits per heavy atom. The van der Waals surface area contributed by atoms with Gasteiger partial charge in [-0.3, -0.25) is 0 Å². The topological polar surface area (TPSA) is 15.3 Å². The fourth-order valence-corrected chi connectivity index (χ4v) is 2.37. The van der Waals surface area contributed by atoms with Gasteiger partial charge in [-0.05, 0) is 38.9 Å². The van der Waals surface area contributed by atoms with E-state index < -0.39 is 6.17 Å². The minimum absolute atomic E-state index is 0.242. The van der Waals surface area contributed by atoms with E-state index in [1.165, 1.54) is 25.9 Å². The Kier molecular flexibility index (Phi) is 3.17. The molecular weight excluding hydrogens is 167 g/mol. The van der Waals surface area contributed by atoms with Gasteiger partial charge in [0, 0.05) is 19.0 Å². The molecule has 2 atom stereocenters. The van der Waals surface area contributed by atoms with Crippen molar-refractivity contribution in [2.75, 3.05) is 32.7 Å². The fraction of sp³-hybridized carbons (Fsp3) is 1.00. The maximum atomic E-state index is 13.4. The Morgan fingerprint density at radius 2 is 2.08 bits per heavy atom. The van der Waals surface area contributed by atoms with Crippen molar-refractivity contribution >= 4 is 0 Å². The van der Waals surface area contributed by atoms with Crippen LogP contribution in [-0.2, 0) is 0 Å². The van der Waals surface area contributed by atoms with Crippen LogP contribution in [0.25, 0.3) is 0 Å². The first-order valence-corrected chi connectivity index (χ1v) is 5.43. The maximum Gasteiger partial charge on any atom is 0.107 e. The van der Waals surface area contributed by atoms with E-state index >= 15 is 0 Å². The summed E-state index contributed by atoms with van der Waals surface area (Å²) in [7, 11) is 0. The van der Waals surface area contributed by atoms with E-state index in [0.29, 0.717) is 6.42 Å². The third-order valence-corrected chi connectivity index (χ3v) is 3.21. The van der Waals surface area contributed by atoms with Gasteiger partial charge in [-0.1, -0.05) is 0 Å². The summed E-state index contributed by atoms with van der Waals surface area (Å²) in [6.45, 7) is 5.07. The predicted octanol–water partition coefficient (Wildman–Crippen LogP) is 1.03. The van der Waals surface area contributed by atoms with Crippen molar-refractivity contribution in [2.45, 2.75) is 25.4 Å². The molecule has 2 unspecified atom stereocenters. The summed E-state index contributed by atoms with van der Waals surface area (Å²) in [6.07, 6.45) is 2.74. The summed E-state index contributed by atoms with van der Waals surface area (Å²) in [5, 5.41) is 3.27. The van der Waals surface area contributed by atoms with Gasteiger partial charge in [0.05, 0.1) is 0 Å². The lowest BCUT2D eigenvalue weighted by Crippen LogP contribution is -2.43. The molecule has 1 N–H and O–H groups in total. The van der Waals surface area contributed by atoms with Gasteiger partial charge in [-0.15, -0.1) is 0 Å². The molecule has 0 aromatic rings. The van der Waals surface area contributed by atoms with Crippen molar-refractivity contribution in [3.05, 3.63) is 0 Å². The molecule has 2 saturated heterocycles. The molecule has 0 aromatic carbocycles. The van der Waals surface area contributed by atoms with Gasteiger partial charge in [0.25, 0.3) is 0 Å². The summed E-state index contributed by atoms with van der Waals surface area (Å²) in [6, 6.07) is 0. The molecule has 0 aliphatic carbocycles. The van der Waals surface area contributed by atoms with Crippen LogP contribution in [0.2, 0.25) is 0 Å². The van der Waals surface area contributed by atoms with Crippen molar-refractivity contribution in [2.24, 2.45) is 5.92 Å². The number of nitrogens with zero attached hydrogens (tertiary/aromatic N) is 1. The van der Waals surface area contributed by atoms with Crippen LogP contribution in [0.4, 0.5) is 4.39 Å². The van der Waals surface area contributed by atoms with E-state index in [2.05, 4.69) is 10.2 Å². The molecule has 2 rings (SSSR count). The minimum Gasteiger partial charge on any atom is -0.316 e. The summed E-state index contributed by atoms with van der Waals surface area (Å²) in [5.74, 6) is 0.242. The van der Waals surface area contributed by atoms with Gasteiger partial charge < -0.3 is 10.2 Å². The largest absolute Gasteiger partial charge is 0.316 e. The van der Waals surface area contributed by atoms with Crippen LogP contribution in [-0.4, -0.2) is 43.8 Å². The van der Waals surface area contributed by atoms with Gasteiger partial charge in [-0.25, -0.2) is 4.39 Å². The second-order valence-corrected chi connectivity index (χ2v) is 4.28. The summed E-state index contributed by atoms with van der Waals surface area (Å²) >= 11 is 0. The number of hydrogen-bond acceptors (Lipinski definition) is 2. The number of alkyl halides is 1. The fourth-order valence-electron chi connectivity index (χ4n) is 2.37. The summed E-state index contributed by atoms with van der Waals surface area (Å²) < 4.78 is 13.4. The van der Waals surface area contributed by atoms with Gasteiger partial charge in [0.1, 0.15) is 6.17 Å². The Balaban J connectivity index is 1.78. The minimum atomic E-state index is -0.568. The van der Waals surface area contributed by atoms with Crippen molar-refractivity contribution in [3.63, 3.8) is 0 Å². The molecule has 0 bridgehead atoms. The lowest BCUT2D eigenvalue weighted by molar-refractivity contribution is 0.137. The Morgan fingerprint density at radius 1 is 1.31 bits per heavy atom. The number of rotatable bonds is 2. The molecule has 2 aliphatic rings. The molecule has 3 heteroatoms. The van der Waals surface area contributed by atoms with Crippen LogP contribution in [0.3, 0.4) is 0 Å². The summed E-state index contributed by atoms with van der Waals surface area (Å²) in [4.78, 5) is 2.41. The zero-order chi connectivity index (χ0) is 9.10. The average molecular weight is 186 g/mol. The van der Waals surface area contributed by atoms with Crippen LogP contribution >= 0.6 is 0 Å². The highest BCUT2D eigenvalue weighted by Gasteiger charge is 2.27. The Hall–Kier alpha value is -0.150. The molecule has 2 aliphatic heterocycles. The lowest BCUT2D eigenvalue weighted by Gasteiger charge is -2.30. The molecule has 0 amide bonds. The summed E-state index contributed by atoms with van der Waals surface area (Å²) in [5.41, 5.74) is 0. The standard InChI is InChI=1S/C10H19FN2/c11-10-3-4-12-7-9(10)8-13-5-1-2-6-13/h9-10,12H,1-8H2. The van der Waals surface area contributed by atoms with Crippen LogP contribution in [0.5, 0.6) is 0 Å². The predicted molar refractivity (Wildman–Crippen MR) is 51.5 cm³/mol. The SMILES string of the molecule is FC1CCNCC1CN1CCCC1. The molecule has 0 spiro atoms. The van der Waals surface area contributed by atoms with Crippen LogP contribution in [0.1, 0.15) is 19.3 Å². The van der Waals surface area contributed by atoms with E-state index in [4.69, 9.17) is 0 Å². The van der Waals surface area contributed by atoms with Gasteiger partial charge in [0.15, 0.2) is 0 Å². The van der Waals surface area contributed by atoms with E-state index in [9.17, 15) is 4.39 Å². The molecular formula is C10H19FN2. The van der Waals surface area contributed by atoms with Crippen molar-refractivity contribution in [1.29, 1.82) is 0 Å². The third kappa shape index (κ3) is 2.41. The van der Waals surface area contributed by atoms with E-state index in [-0.39, 0.29) is 5.92 Å². The van der Waals surface area contributed by atoms with Gasteiger partial charge in [0.2, 0.25) is 0 Å². The number of nitrogens with one attached hydrogen (secondary N) is 1. The normalized spacial score (nSPS) is 36.7. The number of halogens is 1. The zero-order valence-electron chi connectivity index (χ0n) is 8.14. The molecule has 0 saturated carbocycles. The van der Waals surface area contributed by atoms with Gasteiger partial charge in [-0.2, -0.15) is 0 Å². The average Bonchev–Trinajstić information content (AvgIpc) is 2.61.